The lowest BCUT2D eigenvalue weighted by Crippen LogP contribution is -2.05. The van der Waals surface area contributed by atoms with Crippen molar-refractivity contribution in [3.05, 3.63) is 64.5 Å². The summed E-state index contributed by atoms with van der Waals surface area (Å²) in [5.41, 5.74) is 1.88. The van der Waals surface area contributed by atoms with Crippen molar-refractivity contribution in [2.45, 2.75) is 6.54 Å². The Morgan fingerprint density at radius 2 is 2.00 bits per heavy atom. The summed E-state index contributed by atoms with van der Waals surface area (Å²) in [5, 5.41) is 10.1. The highest BCUT2D eigenvalue weighted by Gasteiger charge is 2.08. The Bertz CT molecular complexity index is 795. The molecule has 1 aromatic carbocycles. The molecule has 3 aromatic rings. The maximum absolute atomic E-state index is 10.9. The number of carbonyl (C=O) groups is 1. The van der Waals surface area contributed by atoms with Gasteiger partial charge in [0.1, 0.15) is 5.69 Å². The van der Waals surface area contributed by atoms with Crippen LogP contribution in [-0.2, 0) is 6.54 Å². The highest BCUT2D eigenvalue weighted by molar-refractivity contribution is 9.10. The summed E-state index contributed by atoms with van der Waals surface area (Å²) in [6.07, 6.45) is 1.98. The smallest absolute Gasteiger partial charge is 0.354 e. The molecule has 0 aliphatic rings. The number of hydrogen-bond donors (Lipinski definition) is 1. The Kier molecular flexibility index (Phi) is 3.28. The van der Waals surface area contributed by atoms with Gasteiger partial charge < -0.3 is 9.67 Å². The van der Waals surface area contributed by atoms with Crippen molar-refractivity contribution in [2.24, 2.45) is 0 Å². The second-order valence-electron chi connectivity index (χ2n) is 4.44. The molecular weight excluding hydrogens is 320 g/mol. The van der Waals surface area contributed by atoms with Crippen molar-refractivity contribution in [1.82, 2.24) is 9.55 Å². The number of fused-ring (bicyclic) bond motifs is 1. The number of rotatable bonds is 3. The van der Waals surface area contributed by atoms with E-state index in [2.05, 4.69) is 20.9 Å². The van der Waals surface area contributed by atoms with E-state index in [1.807, 2.05) is 41.1 Å². The predicted octanol–water partition coefficient (Wildman–Crippen LogP) is 3.55. The van der Waals surface area contributed by atoms with E-state index in [1.54, 1.807) is 6.07 Å². The average Bonchev–Trinajstić information content (AvgIpc) is 2.84. The van der Waals surface area contributed by atoms with Crippen LogP contribution in [0.15, 0.2) is 53.1 Å². The number of carboxylic acids is 1. The van der Waals surface area contributed by atoms with Crippen LogP contribution in [0.5, 0.6) is 0 Å². The highest BCUT2D eigenvalue weighted by Crippen LogP contribution is 2.25. The van der Waals surface area contributed by atoms with Gasteiger partial charge in [0.15, 0.2) is 0 Å². The monoisotopic (exact) mass is 330 g/mol. The first kappa shape index (κ1) is 12.9. The lowest BCUT2D eigenvalue weighted by Gasteiger charge is -2.06. The molecule has 2 aromatic heterocycles. The first-order valence-electron chi connectivity index (χ1n) is 6.08. The van der Waals surface area contributed by atoms with E-state index in [0.717, 1.165) is 21.1 Å². The first-order chi connectivity index (χ1) is 9.65. The Labute approximate surface area is 123 Å². The normalized spacial score (nSPS) is 10.8. The fourth-order valence-corrected chi connectivity index (χ4v) is 2.67. The quantitative estimate of drug-likeness (QED) is 0.799. The summed E-state index contributed by atoms with van der Waals surface area (Å²) in [6, 6.07) is 13.1. The molecule has 3 rings (SSSR count). The van der Waals surface area contributed by atoms with Crippen LogP contribution in [0.3, 0.4) is 0 Å². The minimum absolute atomic E-state index is 0.0696. The third-order valence-electron chi connectivity index (χ3n) is 3.12. The van der Waals surface area contributed by atoms with Crippen LogP contribution in [0.4, 0.5) is 0 Å². The molecule has 0 atom stereocenters. The zero-order valence-electron chi connectivity index (χ0n) is 10.5. The molecule has 1 N–H and O–H groups in total. The largest absolute Gasteiger partial charge is 0.477 e. The van der Waals surface area contributed by atoms with Gasteiger partial charge in [-0.1, -0.05) is 28.1 Å². The molecule has 0 saturated heterocycles. The average molecular weight is 331 g/mol. The van der Waals surface area contributed by atoms with Gasteiger partial charge in [0.05, 0.1) is 12.2 Å². The molecule has 0 aliphatic carbocycles. The summed E-state index contributed by atoms with van der Waals surface area (Å²) in [6.45, 7) is 0.543. The molecule has 4 nitrogen and oxygen atoms in total. The number of nitrogens with zero attached hydrogens (tertiary/aromatic N) is 2. The van der Waals surface area contributed by atoms with Crippen molar-refractivity contribution in [3.63, 3.8) is 0 Å². The SMILES string of the molecule is O=C(O)c1cccc(Cn2ccc3c(Br)cccc32)n1. The van der Waals surface area contributed by atoms with Crippen LogP contribution in [-0.4, -0.2) is 20.6 Å². The fourth-order valence-electron chi connectivity index (χ4n) is 2.19. The maximum atomic E-state index is 10.9. The minimum Gasteiger partial charge on any atom is -0.477 e. The van der Waals surface area contributed by atoms with Gasteiger partial charge in [-0.2, -0.15) is 0 Å². The standard InChI is InChI=1S/C15H11BrN2O2/c16-12-4-2-6-14-11(12)7-8-18(14)9-10-3-1-5-13(17-10)15(19)20/h1-8H,9H2,(H,19,20). The molecule has 0 fully saturated rings. The number of hydrogen-bond acceptors (Lipinski definition) is 2. The summed E-state index contributed by atoms with van der Waals surface area (Å²) >= 11 is 3.52. The van der Waals surface area contributed by atoms with Gasteiger partial charge in [0, 0.05) is 21.6 Å². The van der Waals surface area contributed by atoms with Crippen molar-refractivity contribution >= 4 is 32.8 Å². The number of carboxylic acid groups (broad SMARTS) is 1. The number of aromatic nitrogens is 2. The number of benzene rings is 1. The summed E-state index contributed by atoms with van der Waals surface area (Å²) in [7, 11) is 0. The molecule has 0 amide bonds. The molecule has 20 heavy (non-hydrogen) atoms. The van der Waals surface area contributed by atoms with Gasteiger partial charge in [-0.15, -0.1) is 0 Å². The fraction of sp³-hybridized carbons (Fsp3) is 0.0667. The molecule has 0 aliphatic heterocycles. The van der Waals surface area contributed by atoms with Crippen LogP contribution >= 0.6 is 15.9 Å². The third-order valence-corrected chi connectivity index (χ3v) is 3.81. The lowest BCUT2D eigenvalue weighted by atomic mass is 10.2. The molecule has 5 heteroatoms. The van der Waals surface area contributed by atoms with Crippen molar-refractivity contribution in [3.8, 4) is 0 Å². The second kappa shape index (κ2) is 5.09. The second-order valence-corrected chi connectivity index (χ2v) is 5.29. The Hall–Kier alpha value is -2.14. The maximum Gasteiger partial charge on any atom is 0.354 e. The van der Waals surface area contributed by atoms with Crippen molar-refractivity contribution in [1.29, 1.82) is 0 Å². The first-order valence-corrected chi connectivity index (χ1v) is 6.87. The summed E-state index contributed by atoms with van der Waals surface area (Å²) in [4.78, 5) is 15.1. The summed E-state index contributed by atoms with van der Waals surface area (Å²) < 4.78 is 3.09. The Morgan fingerprint density at radius 1 is 1.20 bits per heavy atom. The van der Waals surface area contributed by atoms with Gasteiger partial charge in [0.2, 0.25) is 0 Å². The van der Waals surface area contributed by atoms with E-state index in [9.17, 15) is 4.79 Å². The van der Waals surface area contributed by atoms with Crippen LogP contribution in [0.2, 0.25) is 0 Å². The Morgan fingerprint density at radius 3 is 2.80 bits per heavy atom. The highest BCUT2D eigenvalue weighted by atomic mass is 79.9. The van der Waals surface area contributed by atoms with E-state index in [1.165, 1.54) is 6.07 Å². The van der Waals surface area contributed by atoms with E-state index >= 15 is 0 Å². The Balaban J connectivity index is 1.99. The molecule has 2 heterocycles. The number of pyridine rings is 1. The van der Waals surface area contributed by atoms with E-state index < -0.39 is 5.97 Å². The zero-order valence-corrected chi connectivity index (χ0v) is 12.0. The van der Waals surface area contributed by atoms with Crippen molar-refractivity contribution < 1.29 is 9.90 Å². The van der Waals surface area contributed by atoms with Gasteiger partial charge >= 0.3 is 5.97 Å². The molecule has 0 radical (unpaired) electrons. The van der Waals surface area contributed by atoms with Gasteiger partial charge in [-0.3, -0.25) is 0 Å². The topological polar surface area (TPSA) is 55.1 Å². The predicted molar refractivity (Wildman–Crippen MR) is 79.9 cm³/mol. The van der Waals surface area contributed by atoms with Crippen LogP contribution < -0.4 is 0 Å². The number of halogens is 1. The lowest BCUT2D eigenvalue weighted by molar-refractivity contribution is 0.0690. The molecule has 100 valence electrons. The van der Waals surface area contributed by atoms with Crippen molar-refractivity contribution in [2.75, 3.05) is 0 Å². The van der Waals surface area contributed by atoms with Gasteiger partial charge in [0.25, 0.3) is 0 Å². The van der Waals surface area contributed by atoms with Gasteiger partial charge in [-0.25, -0.2) is 9.78 Å². The zero-order chi connectivity index (χ0) is 14.1. The third kappa shape index (κ3) is 2.32. The minimum atomic E-state index is -1.01. The number of aromatic carboxylic acids is 1. The molecular formula is C15H11BrN2O2. The summed E-state index contributed by atoms with van der Waals surface area (Å²) in [5.74, 6) is -1.01. The van der Waals surface area contributed by atoms with Crippen LogP contribution in [0.25, 0.3) is 10.9 Å². The van der Waals surface area contributed by atoms with Gasteiger partial charge in [-0.05, 0) is 30.3 Å². The molecule has 0 bridgehead atoms. The van der Waals surface area contributed by atoms with E-state index in [0.29, 0.717) is 6.54 Å². The van der Waals surface area contributed by atoms with E-state index in [4.69, 9.17) is 5.11 Å². The van der Waals surface area contributed by atoms with E-state index in [-0.39, 0.29) is 5.69 Å². The molecule has 0 saturated carbocycles. The van der Waals surface area contributed by atoms with Crippen LogP contribution in [0.1, 0.15) is 16.2 Å². The van der Waals surface area contributed by atoms with Crippen LogP contribution in [0, 0.1) is 0 Å². The molecule has 0 unspecified atom stereocenters. The molecule has 0 spiro atoms.